The van der Waals surface area contributed by atoms with Gasteiger partial charge in [-0.2, -0.15) is 0 Å². The Morgan fingerprint density at radius 2 is 1.85 bits per heavy atom. The molecule has 0 saturated heterocycles. The fourth-order valence-electron chi connectivity index (χ4n) is 1.68. The van der Waals surface area contributed by atoms with Gasteiger partial charge in [0.15, 0.2) is 0 Å². The van der Waals surface area contributed by atoms with Gasteiger partial charge in [-0.1, -0.05) is 0 Å². The molecule has 0 atom stereocenters. The van der Waals surface area contributed by atoms with E-state index in [0.717, 1.165) is 0 Å². The summed E-state index contributed by atoms with van der Waals surface area (Å²) in [4.78, 5) is 21.9. The molecule has 110 valence electrons. The topological polar surface area (TPSA) is 96.3 Å². The van der Waals surface area contributed by atoms with Gasteiger partial charge in [0.25, 0.3) is 5.69 Å². The van der Waals surface area contributed by atoms with Crippen molar-refractivity contribution in [1.82, 2.24) is 5.32 Å². The number of carbonyl (C=O) groups excluding carboxylic acids is 1. The number of nitro benzene ring substituents is 1. The van der Waals surface area contributed by atoms with E-state index in [-0.39, 0.29) is 24.2 Å². The van der Waals surface area contributed by atoms with Crippen LogP contribution in [0.1, 0.15) is 20.8 Å². The largest absolute Gasteiger partial charge is 0.385 e. The third-order valence-electron chi connectivity index (χ3n) is 2.41. The third kappa shape index (κ3) is 5.13. The minimum Gasteiger partial charge on any atom is -0.385 e. The number of nitrogens with one attached hydrogen (secondary N) is 3. The average molecular weight is 280 g/mol. The second-order valence-electron chi connectivity index (χ2n) is 4.63. The maximum atomic E-state index is 11.5. The van der Waals surface area contributed by atoms with Crippen LogP contribution in [-0.2, 0) is 4.79 Å². The lowest BCUT2D eigenvalue weighted by Crippen LogP contribution is -2.34. The number of rotatable bonds is 7. The van der Waals surface area contributed by atoms with E-state index < -0.39 is 4.92 Å². The molecule has 3 N–H and O–H groups in total. The SMILES string of the molecule is CCNc1cc(NCC(=O)NC(C)C)cc([N+](=O)[O-])c1. The summed E-state index contributed by atoms with van der Waals surface area (Å²) >= 11 is 0. The molecule has 0 aliphatic heterocycles. The molecule has 0 aromatic heterocycles. The maximum absolute atomic E-state index is 11.5. The van der Waals surface area contributed by atoms with E-state index in [1.807, 2.05) is 20.8 Å². The van der Waals surface area contributed by atoms with Gasteiger partial charge in [0.1, 0.15) is 0 Å². The highest BCUT2D eigenvalue weighted by molar-refractivity contribution is 5.81. The minimum atomic E-state index is -0.458. The monoisotopic (exact) mass is 280 g/mol. The van der Waals surface area contributed by atoms with E-state index >= 15 is 0 Å². The van der Waals surface area contributed by atoms with Crippen molar-refractivity contribution in [3.8, 4) is 0 Å². The summed E-state index contributed by atoms with van der Waals surface area (Å²) in [6.45, 7) is 6.38. The minimum absolute atomic E-state index is 0.0183. The smallest absolute Gasteiger partial charge is 0.273 e. The van der Waals surface area contributed by atoms with Crippen molar-refractivity contribution >= 4 is 23.0 Å². The molecule has 7 nitrogen and oxygen atoms in total. The molecule has 0 radical (unpaired) electrons. The Morgan fingerprint density at radius 1 is 1.25 bits per heavy atom. The van der Waals surface area contributed by atoms with E-state index in [4.69, 9.17) is 0 Å². The standard InChI is InChI=1S/C13H20N4O3/c1-4-14-10-5-11(7-12(6-10)17(19)20)15-8-13(18)16-9(2)3/h5-7,9,14-15H,4,8H2,1-3H3,(H,16,18). The van der Waals surface area contributed by atoms with Gasteiger partial charge in [0.2, 0.25) is 5.91 Å². The Kier molecular flexibility index (Phi) is 5.76. The Morgan fingerprint density at radius 3 is 2.35 bits per heavy atom. The molecule has 0 spiro atoms. The number of hydrogen-bond acceptors (Lipinski definition) is 5. The first-order chi connectivity index (χ1) is 9.42. The van der Waals surface area contributed by atoms with E-state index in [1.165, 1.54) is 12.1 Å². The average Bonchev–Trinajstić information content (AvgIpc) is 2.35. The van der Waals surface area contributed by atoms with Gasteiger partial charge in [-0.25, -0.2) is 0 Å². The van der Waals surface area contributed by atoms with Crippen LogP contribution in [-0.4, -0.2) is 30.0 Å². The van der Waals surface area contributed by atoms with Crippen LogP contribution in [0, 0.1) is 10.1 Å². The van der Waals surface area contributed by atoms with Gasteiger partial charge in [0, 0.05) is 36.1 Å². The number of nitrogens with zero attached hydrogens (tertiary/aromatic N) is 1. The number of benzene rings is 1. The van der Waals surface area contributed by atoms with Gasteiger partial charge in [-0.05, 0) is 26.8 Å². The Hall–Kier alpha value is -2.31. The zero-order chi connectivity index (χ0) is 15.1. The number of amides is 1. The van der Waals surface area contributed by atoms with Crippen LogP contribution in [0.15, 0.2) is 18.2 Å². The highest BCUT2D eigenvalue weighted by Crippen LogP contribution is 2.24. The first-order valence-corrected chi connectivity index (χ1v) is 6.49. The van der Waals surface area contributed by atoms with Crippen molar-refractivity contribution in [1.29, 1.82) is 0 Å². The van der Waals surface area contributed by atoms with E-state index in [9.17, 15) is 14.9 Å². The van der Waals surface area contributed by atoms with Crippen LogP contribution in [0.4, 0.5) is 17.1 Å². The van der Waals surface area contributed by atoms with Crippen molar-refractivity contribution < 1.29 is 9.72 Å². The predicted octanol–water partition coefficient (Wildman–Crippen LogP) is 1.96. The van der Waals surface area contributed by atoms with Crippen LogP contribution >= 0.6 is 0 Å². The summed E-state index contributed by atoms with van der Waals surface area (Å²) in [6, 6.07) is 4.66. The lowest BCUT2D eigenvalue weighted by atomic mass is 10.2. The number of non-ortho nitro benzene ring substituents is 1. The molecule has 0 heterocycles. The van der Waals surface area contributed by atoms with Gasteiger partial charge in [-0.3, -0.25) is 14.9 Å². The van der Waals surface area contributed by atoms with Crippen molar-refractivity contribution in [2.24, 2.45) is 0 Å². The molecule has 1 aromatic rings. The molecule has 20 heavy (non-hydrogen) atoms. The summed E-state index contributed by atoms with van der Waals surface area (Å²) in [5, 5.41) is 19.5. The zero-order valence-corrected chi connectivity index (χ0v) is 11.9. The molecule has 0 aliphatic rings. The van der Waals surface area contributed by atoms with Gasteiger partial charge < -0.3 is 16.0 Å². The van der Waals surface area contributed by atoms with Gasteiger partial charge in [0.05, 0.1) is 11.5 Å². The van der Waals surface area contributed by atoms with Gasteiger partial charge in [-0.15, -0.1) is 0 Å². The van der Waals surface area contributed by atoms with Crippen LogP contribution in [0.5, 0.6) is 0 Å². The van der Waals surface area contributed by atoms with E-state index in [2.05, 4.69) is 16.0 Å². The highest BCUT2D eigenvalue weighted by atomic mass is 16.6. The summed E-state index contributed by atoms with van der Waals surface area (Å²) in [5.41, 5.74) is 1.16. The predicted molar refractivity (Wildman–Crippen MR) is 79.0 cm³/mol. The van der Waals surface area contributed by atoms with Crippen molar-refractivity contribution in [3.05, 3.63) is 28.3 Å². The fraction of sp³-hybridized carbons (Fsp3) is 0.462. The summed E-state index contributed by atoms with van der Waals surface area (Å²) in [5.74, 6) is -0.156. The maximum Gasteiger partial charge on any atom is 0.273 e. The first-order valence-electron chi connectivity index (χ1n) is 6.49. The molecular formula is C13H20N4O3. The normalized spacial score (nSPS) is 10.2. The summed E-state index contributed by atoms with van der Waals surface area (Å²) in [7, 11) is 0. The molecule has 7 heteroatoms. The molecule has 1 amide bonds. The number of anilines is 2. The van der Waals surface area contributed by atoms with E-state index in [0.29, 0.717) is 17.9 Å². The molecule has 0 saturated carbocycles. The lowest BCUT2D eigenvalue weighted by Gasteiger charge is -2.11. The molecular weight excluding hydrogens is 260 g/mol. The number of carbonyl (C=O) groups is 1. The van der Waals surface area contributed by atoms with Crippen molar-refractivity contribution in [2.45, 2.75) is 26.8 Å². The van der Waals surface area contributed by atoms with Gasteiger partial charge >= 0.3 is 0 Å². The lowest BCUT2D eigenvalue weighted by molar-refractivity contribution is -0.384. The highest BCUT2D eigenvalue weighted by Gasteiger charge is 2.10. The Labute approximate surface area is 117 Å². The molecule has 0 fully saturated rings. The van der Waals surface area contributed by atoms with Crippen LogP contribution in [0.25, 0.3) is 0 Å². The summed E-state index contributed by atoms with van der Waals surface area (Å²) < 4.78 is 0. The number of hydrogen-bond donors (Lipinski definition) is 3. The van der Waals surface area contributed by atoms with Crippen LogP contribution < -0.4 is 16.0 Å². The summed E-state index contributed by atoms with van der Waals surface area (Å²) in [6.07, 6.45) is 0. The fourth-order valence-corrected chi connectivity index (χ4v) is 1.68. The second kappa shape index (κ2) is 7.32. The molecule has 0 aliphatic carbocycles. The molecule has 1 aromatic carbocycles. The van der Waals surface area contributed by atoms with Crippen LogP contribution in [0.2, 0.25) is 0 Å². The zero-order valence-electron chi connectivity index (χ0n) is 11.9. The second-order valence-corrected chi connectivity index (χ2v) is 4.63. The van der Waals surface area contributed by atoms with E-state index in [1.54, 1.807) is 6.07 Å². The first kappa shape index (κ1) is 15.7. The quantitative estimate of drug-likeness (QED) is 0.524. The number of nitro groups is 1. The Balaban J connectivity index is 2.78. The third-order valence-corrected chi connectivity index (χ3v) is 2.41. The van der Waals surface area contributed by atoms with Crippen LogP contribution in [0.3, 0.4) is 0 Å². The Bertz CT molecular complexity index is 489. The molecule has 0 unspecified atom stereocenters. The van der Waals surface area contributed by atoms with Crippen molar-refractivity contribution in [2.75, 3.05) is 23.7 Å². The molecule has 1 rings (SSSR count). The molecule has 0 bridgehead atoms. The van der Waals surface area contributed by atoms with Crippen molar-refractivity contribution in [3.63, 3.8) is 0 Å².